The second-order valence-electron chi connectivity index (χ2n) is 11.1. The number of aliphatic hydroxyl groups is 1. The number of fused-ring (bicyclic) bond motifs is 4. The van der Waals surface area contributed by atoms with Crippen LogP contribution in [0.25, 0.3) is 11.1 Å². The number of aliphatic hydroxyl groups excluding tert-OH is 1. The monoisotopic (exact) mass is 561 g/mol. The molecule has 1 aliphatic heterocycles. The fraction of sp³-hybridized carbons (Fsp3) is 0.484. The van der Waals surface area contributed by atoms with E-state index in [1.165, 1.54) is 16.0 Å². The lowest BCUT2D eigenvalue weighted by molar-refractivity contribution is -0.136. The Labute approximate surface area is 240 Å². The second kappa shape index (κ2) is 12.8. The first kappa shape index (κ1) is 28.8. The Bertz CT molecular complexity index is 1310. The van der Waals surface area contributed by atoms with E-state index in [4.69, 9.17) is 9.47 Å². The maximum absolute atomic E-state index is 13.2. The number of benzene rings is 2. The maximum atomic E-state index is 13.2. The van der Waals surface area contributed by atoms with Gasteiger partial charge in [-0.05, 0) is 35.6 Å². The molecule has 0 radical (unpaired) electrons. The maximum Gasteiger partial charge on any atom is 0.409 e. The number of hydrogen-bond acceptors (Lipinski definition) is 7. The fourth-order valence-corrected chi connectivity index (χ4v) is 5.79. The van der Waals surface area contributed by atoms with Crippen LogP contribution in [-0.2, 0) is 27.4 Å². The van der Waals surface area contributed by atoms with E-state index in [-0.39, 0.29) is 50.2 Å². The predicted molar refractivity (Wildman–Crippen MR) is 153 cm³/mol. The summed E-state index contributed by atoms with van der Waals surface area (Å²) in [6.45, 7) is 5.45. The van der Waals surface area contributed by atoms with Crippen LogP contribution in [0.1, 0.15) is 49.4 Å². The van der Waals surface area contributed by atoms with Gasteiger partial charge in [-0.15, -0.1) is 5.10 Å². The first-order valence-electron chi connectivity index (χ1n) is 14.3. The van der Waals surface area contributed by atoms with Crippen LogP contribution in [-0.4, -0.2) is 87.4 Å². The highest BCUT2D eigenvalue weighted by molar-refractivity contribution is 5.79. The van der Waals surface area contributed by atoms with Crippen molar-refractivity contribution in [1.29, 1.82) is 0 Å². The molecule has 0 fully saturated rings. The lowest BCUT2D eigenvalue weighted by atomic mass is 9.98. The van der Waals surface area contributed by atoms with Gasteiger partial charge in [0, 0.05) is 38.4 Å². The molecule has 10 heteroatoms. The van der Waals surface area contributed by atoms with Gasteiger partial charge in [0.25, 0.3) is 0 Å². The summed E-state index contributed by atoms with van der Waals surface area (Å²) in [7, 11) is 1.70. The molecule has 2 aliphatic rings. The zero-order valence-corrected chi connectivity index (χ0v) is 24.0. The highest BCUT2D eigenvalue weighted by atomic mass is 16.6. The third-order valence-corrected chi connectivity index (χ3v) is 8.24. The van der Waals surface area contributed by atoms with Crippen LogP contribution in [0.2, 0.25) is 0 Å². The average Bonchev–Trinajstić information content (AvgIpc) is 3.57. The third-order valence-electron chi connectivity index (χ3n) is 8.24. The smallest absolute Gasteiger partial charge is 0.409 e. The van der Waals surface area contributed by atoms with Gasteiger partial charge in [0.15, 0.2) is 0 Å². The minimum Gasteiger partial charge on any atom is -0.448 e. The SMILES string of the molecule is C[C@H](CO)N1C[C@H](C)[C@H](CN(C)C(=O)OCC2c3ccccc3-c3ccccc32)OCc2cnnn2CCCC1=O. The van der Waals surface area contributed by atoms with Crippen molar-refractivity contribution < 1.29 is 24.2 Å². The van der Waals surface area contributed by atoms with E-state index >= 15 is 0 Å². The van der Waals surface area contributed by atoms with E-state index in [1.807, 2.05) is 38.1 Å². The van der Waals surface area contributed by atoms with Gasteiger partial charge in [-0.2, -0.15) is 0 Å². The number of ether oxygens (including phenoxy) is 2. The van der Waals surface area contributed by atoms with E-state index in [1.54, 1.807) is 22.8 Å². The molecule has 0 spiro atoms. The van der Waals surface area contributed by atoms with Crippen molar-refractivity contribution in [2.75, 3.05) is 33.4 Å². The van der Waals surface area contributed by atoms with Crippen LogP contribution < -0.4 is 0 Å². The molecule has 1 N–H and O–H groups in total. The molecule has 5 rings (SSSR count). The van der Waals surface area contributed by atoms with Gasteiger partial charge >= 0.3 is 6.09 Å². The summed E-state index contributed by atoms with van der Waals surface area (Å²) in [5.74, 6) is -0.173. The molecule has 0 saturated heterocycles. The number of rotatable bonds is 6. The van der Waals surface area contributed by atoms with Crippen molar-refractivity contribution >= 4 is 12.0 Å². The molecular weight excluding hydrogens is 522 g/mol. The van der Waals surface area contributed by atoms with Crippen molar-refractivity contribution in [1.82, 2.24) is 24.8 Å². The van der Waals surface area contributed by atoms with Crippen LogP contribution in [0.15, 0.2) is 54.7 Å². The Morgan fingerprint density at radius 3 is 2.54 bits per heavy atom. The Morgan fingerprint density at radius 1 is 1.17 bits per heavy atom. The van der Waals surface area contributed by atoms with Crippen molar-refractivity contribution in [2.24, 2.45) is 5.92 Å². The van der Waals surface area contributed by atoms with E-state index in [2.05, 4.69) is 34.6 Å². The average molecular weight is 562 g/mol. The van der Waals surface area contributed by atoms with Gasteiger partial charge < -0.3 is 24.4 Å². The number of aryl methyl sites for hydroxylation is 1. The van der Waals surface area contributed by atoms with Crippen molar-refractivity contribution in [2.45, 2.75) is 57.9 Å². The summed E-state index contributed by atoms with van der Waals surface area (Å²) in [6, 6.07) is 16.2. The van der Waals surface area contributed by atoms with Crippen molar-refractivity contribution in [3.8, 4) is 11.1 Å². The fourth-order valence-electron chi connectivity index (χ4n) is 5.79. The zero-order chi connectivity index (χ0) is 28.9. The molecule has 3 atom stereocenters. The van der Waals surface area contributed by atoms with Gasteiger partial charge in [0.05, 0.1) is 43.8 Å². The number of amides is 2. The number of likely N-dealkylation sites (N-methyl/N-ethyl adjacent to an activating group) is 1. The van der Waals surface area contributed by atoms with E-state index in [9.17, 15) is 14.7 Å². The molecule has 3 aromatic rings. The summed E-state index contributed by atoms with van der Waals surface area (Å²) in [5.41, 5.74) is 5.50. The summed E-state index contributed by atoms with van der Waals surface area (Å²) in [4.78, 5) is 29.6. The van der Waals surface area contributed by atoms with Crippen LogP contribution in [0.4, 0.5) is 4.79 Å². The van der Waals surface area contributed by atoms with Crippen LogP contribution in [0.3, 0.4) is 0 Å². The van der Waals surface area contributed by atoms with Gasteiger partial charge in [0.2, 0.25) is 5.91 Å². The van der Waals surface area contributed by atoms with Crippen LogP contribution >= 0.6 is 0 Å². The molecule has 1 aromatic heterocycles. The van der Waals surface area contributed by atoms with Gasteiger partial charge in [-0.1, -0.05) is 60.7 Å². The minimum atomic E-state index is -0.433. The number of carbonyl (C=O) groups excluding carboxylic acids is 2. The molecule has 1 aliphatic carbocycles. The van der Waals surface area contributed by atoms with E-state index in [0.29, 0.717) is 25.9 Å². The van der Waals surface area contributed by atoms with E-state index in [0.717, 1.165) is 16.8 Å². The Balaban J connectivity index is 1.28. The number of carbonyl (C=O) groups is 2. The molecule has 10 nitrogen and oxygen atoms in total. The number of hydrogen-bond donors (Lipinski definition) is 1. The van der Waals surface area contributed by atoms with Crippen molar-refractivity contribution in [3.05, 3.63) is 71.5 Å². The molecule has 2 aromatic carbocycles. The lowest BCUT2D eigenvalue weighted by Crippen LogP contribution is -2.48. The first-order valence-corrected chi connectivity index (χ1v) is 14.3. The normalized spacial score (nSPS) is 20.3. The van der Waals surface area contributed by atoms with E-state index < -0.39 is 12.2 Å². The van der Waals surface area contributed by atoms with Gasteiger partial charge in [-0.25, -0.2) is 9.48 Å². The summed E-state index contributed by atoms with van der Waals surface area (Å²) in [6.07, 6.45) is 1.81. The summed E-state index contributed by atoms with van der Waals surface area (Å²) < 4.78 is 14.0. The summed E-state index contributed by atoms with van der Waals surface area (Å²) in [5, 5.41) is 18.0. The Hall–Kier alpha value is -3.76. The summed E-state index contributed by atoms with van der Waals surface area (Å²) >= 11 is 0. The van der Waals surface area contributed by atoms with Crippen LogP contribution in [0, 0.1) is 5.92 Å². The van der Waals surface area contributed by atoms with Crippen LogP contribution in [0.5, 0.6) is 0 Å². The molecular formula is C31H39N5O5. The number of aromatic nitrogens is 3. The Kier molecular flexibility index (Phi) is 8.99. The van der Waals surface area contributed by atoms with Gasteiger partial charge in [-0.3, -0.25) is 4.79 Å². The molecule has 2 heterocycles. The third kappa shape index (κ3) is 6.28. The highest BCUT2D eigenvalue weighted by Crippen LogP contribution is 2.44. The van der Waals surface area contributed by atoms with Crippen molar-refractivity contribution in [3.63, 3.8) is 0 Å². The van der Waals surface area contributed by atoms with Gasteiger partial charge in [0.1, 0.15) is 6.61 Å². The zero-order valence-electron chi connectivity index (χ0n) is 24.0. The molecule has 0 unspecified atom stereocenters. The standard InChI is InChI=1S/C31H39N5O5/c1-21-16-35(22(2)18-37)30(38)13-8-14-36-23(15-32-33-36)19-40-29(21)17-34(3)31(39)41-20-28-26-11-6-4-9-24(26)25-10-5-7-12-27(25)28/h4-7,9-12,15,21-22,28-29,37H,8,13-14,16-20H2,1-3H3/t21-,22+,29-/m0/s1. The number of nitrogens with zero attached hydrogens (tertiary/aromatic N) is 5. The molecule has 41 heavy (non-hydrogen) atoms. The quantitative estimate of drug-likeness (QED) is 0.489. The Morgan fingerprint density at radius 2 is 1.85 bits per heavy atom. The molecule has 2 amide bonds. The molecule has 218 valence electrons. The second-order valence-corrected chi connectivity index (χ2v) is 11.1. The lowest BCUT2D eigenvalue weighted by Gasteiger charge is -2.35. The minimum absolute atomic E-state index is 0.0238. The highest BCUT2D eigenvalue weighted by Gasteiger charge is 2.32. The first-order chi connectivity index (χ1) is 19.9. The predicted octanol–water partition coefficient (Wildman–Crippen LogP) is 3.68. The largest absolute Gasteiger partial charge is 0.448 e. The molecule has 0 saturated carbocycles. The molecule has 0 bridgehead atoms. The topological polar surface area (TPSA) is 110 Å².